The molecule has 6 nitrogen and oxygen atoms in total. The van der Waals surface area contributed by atoms with Crippen LogP contribution >= 0.6 is 11.6 Å². The monoisotopic (exact) mass is 439 g/mol. The van der Waals surface area contributed by atoms with Crippen molar-refractivity contribution in [3.63, 3.8) is 0 Å². The number of amides is 1. The Kier molecular flexibility index (Phi) is 5.20. The van der Waals surface area contributed by atoms with E-state index < -0.39 is 15.7 Å². The molecule has 1 spiro atoms. The molecule has 0 unspecified atom stereocenters. The zero-order valence-corrected chi connectivity index (χ0v) is 18.5. The Bertz CT molecular complexity index is 989. The summed E-state index contributed by atoms with van der Waals surface area (Å²) < 4.78 is 35.3. The van der Waals surface area contributed by atoms with Gasteiger partial charge in [-0.25, -0.2) is 0 Å². The summed E-state index contributed by atoms with van der Waals surface area (Å²) in [5, 5.41) is 3.69. The summed E-state index contributed by atoms with van der Waals surface area (Å²) in [7, 11) is -2.14. The third-order valence-electron chi connectivity index (χ3n) is 6.19. The number of carbonyl (C=O) groups excluding carboxylic acids is 1. The van der Waals surface area contributed by atoms with Gasteiger partial charge in [0.2, 0.25) is 0 Å². The van der Waals surface area contributed by atoms with Gasteiger partial charge in [0.25, 0.3) is 5.91 Å². The highest BCUT2D eigenvalue weighted by Gasteiger charge is 2.51. The summed E-state index contributed by atoms with van der Waals surface area (Å²) in [6, 6.07) is 3.71. The van der Waals surface area contributed by atoms with Crippen molar-refractivity contribution >= 4 is 33.2 Å². The Balaban J connectivity index is 1.90. The van der Waals surface area contributed by atoms with Gasteiger partial charge in [-0.3, -0.25) is 4.79 Å². The average molecular weight is 440 g/mol. The summed E-state index contributed by atoms with van der Waals surface area (Å²) in [4.78, 5) is 13.2. The van der Waals surface area contributed by atoms with E-state index in [-0.39, 0.29) is 17.8 Å². The number of hydrogen-bond acceptors (Lipinski definition) is 5. The van der Waals surface area contributed by atoms with Gasteiger partial charge in [0.1, 0.15) is 5.54 Å². The highest BCUT2D eigenvalue weighted by atomic mass is 35.5. The lowest BCUT2D eigenvalue weighted by Gasteiger charge is -2.37. The largest absolute Gasteiger partial charge is 0.384 e. The van der Waals surface area contributed by atoms with Crippen LogP contribution in [0.15, 0.2) is 17.9 Å². The van der Waals surface area contributed by atoms with Crippen LogP contribution in [0.3, 0.4) is 0 Å². The summed E-state index contributed by atoms with van der Waals surface area (Å²) in [5.74, 6) is 0.279. The highest BCUT2D eigenvalue weighted by molar-refractivity contribution is 7.86. The number of carbonyl (C=O) groups is 1. The summed E-state index contributed by atoms with van der Waals surface area (Å²) in [6.07, 6.45) is 5.75. The first kappa shape index (κ1) is 20.7. The van der Waals surface area contributed by atoms with E-state index in [2.05, 4.69) is 5.32 Å². The lowest BCUT2D eigenvalue weighted by atomic mass is 9.79. The van der Waals surface area contributed by atoms with Gasteiger partial charge < -0.3 is 14.2 Å². The van der Waals surface area contributed by atoms with Gasteiger partial charge in [0.15, 0.2) is 5.76 Å². The Hall–Kier alpha value is -1.57. The van der Waals surface area contributed by atoms with Crippen LogP contribution in [-0.2, 0) is 23.8 Å². The molecule has 0 saturated heterocycles. The number of rotatable bonds is 5. The van der Waals surface area contributed by atoms with Crippen LogP contribution in [0, 0.1) is 6.92 Å². The minimum atomic E-state index is -3.81. The molecule has 2 saturated carbocycles. The second-order valence-corrected chi connectivity index (χ2v) is 10.4. The number of nitrogens with one attached hydrogen (secondary N) is 1. The highest BCUT2D eigenvalue weighted by Crippen LogP contribution is 2.49. The molecule has 2 aliphatic carbocycles. The molecule has 0 atom stereocenters. The Morgan fingerprint density at radius 3 is 2.38 bits per heavy atom. The predicted octanol–water partition coefficient (Wildman–Crippen LogP) is 3.67. The molecule has 1 aliphatic heterocycles. The van der Waals surface area contributed by atoms with Crippen molar-refractivity contribution in [3.8, 4) is 0 Å². The van der Waals surface area contributed by atoms with Gasteiger partial charge in [-0.2, -0.15) is 8.42 Å². The van der Waals surface area contributed by atoms with Crippen molar-refractivity contribution in [1.29, 1.82) is 0 Å². The number of methoxy groups -OCH3 is 1. The average Bonchev–Trinajstić information content (AvgIpc) is 3.43. The van der Waals surface area contributed by atoms with Crippen LogP contribution in [0.25, 0.3) is 5.57 Å². The van der Waals surface area contributed by atoms with Crippen molar-refractivity contribution < 1.29 is 22.1 Å². The molecule has 158 valence electrons. The standard InChI is InChI=1S/C21H26ClNO5S/c1-12-10-14(22)11-16(13-4-5-13)17(12)18-19(28-29(3,25)26)21(23-20(18)24)8-6-15(27-2)7-9-21/h10-11,13,15H,4-9H2,1-3H3,(H,23,24). The Morgan fingerprint density at radius 1 is 1.17 bits per heavy atom. The molecule has 1 aromatic carbocycles. The zero-order valence-electron chi connectivity index (χ0n) is 16.9. The van der Waals surface area contributed by atoms with E-state index >= 15 is 0 Å². The second kappa shape index (κ2) is 7.29. The quantitative estimate of drug-likeness (QED) is 0.708. The summed E-state index contributed by atoms with van der Waals surface area (Å²) >= 11 is 6.30. The fourth-order valence-electron chi connectivity index (χ4n) is 4.68. The molecule has 0 bridgehead atoms. The molecule has 1 aromatic rings. The molecule has 8 heteroatoms. The number of benzene rings is 1. The molecule has 2 fully saturated rings. The molecule has 3 aliphatic rings. The molecule has 0 radical (unpaired) electrons. The number of ether oxygens (including phenoxy) is 1. The second-order valence-electron chi connectivity index (χ2n) is 8.42. The topological polar surface area (TPSA) is 81.7 Å². The van der Waals surface area contributed by atoms with Gasteiger partial charge in [0.05, 0.1) is 17.9 Å². The van der Waals surface area contributed by atoms with Crippen molar-refractivity contribution in [2.24, 2.45) is 0 Å². The smallest absolute Gasteiger partial charge is 0.306 e. The van der Waals surface area contributed by atoms with Crippen LogP contribution < -0.4 is 5.32 Å². The number of halogens is 1. The van der Waals surface area contributed by atoms with Crippen LogP contribution in [0.1, 0.15) is 61.1 Å². The Morgan fingerprint density at radius 2 is 1.83 bits per heavy atom. The third kappa shape index (κ3) is 3.92. The predicted molar refractivity (Wildman–Crippen MR) is 111 cm³/mol. The third-order valence-corrected chi connectivity index (χ3v) is 6.88. The van der Waals surface area contributed by atoms with E-state index in [9.17, 15) is 13.2 Å². The van der Waals surface area contributed by atoms with Crippen LogP contribution in [0.4, 0.5) is 0 Å². The maximum absolute atomic E-state index is 13.2. The van der Waals surface area contributed by atoms with Crippen LogP contribution in [0.5, 0.6) is 0 Å². The molecule has 1 N–H and O–H groups in total. The molecular formula is C21H26ClNO5S. The van der Waals surface area contributed by atoms with Crippen molar-refractivity contribution in [2.45, 2.75) is 63.0 Å². The van der Waals surface area contributed by atoms with Gasteiger partial charge in [-0.05, 0) is 80.2 Å². The van der Waals surface area contributed by atoms with Gasteiger partial charge in [-0.15, -0.1) is 0 Å². The maximum Gasteiger partial charge on any atom is 0.306 e. The SMILES string of the molecule is COC1CCC2(CC1)NC(=O)C(c1c(C)cc(Cl)cc1C1CC1)=C2OS(C)(=O)=O. The molecule has 4 rings (SSSR count). The van der Waals surface area contributed by atoms with Crippen molar-refractivity contribution in [1.82, 2.24) is 5.32 Å². The van der Waals surface area contributed by atoms with Crippen LogP contribution in [-0.4, -0.2) is 39.3 Å². The first-order valence-electron chi connectivity index (χ1n) is 9.93. The van der Waals surface area contributed by atoms with E-state index in [1.54, 1.807) is 7.11 Å². The van der Waals surface area contributed by atoms with Gasteiger partial charge in [0, 0.05) is 12.1 Å². The minimum absolute atomic E-state index is 0.0975. The lowest BCUT2D eigenvalue weighted by Crippen LogP contribution is -2.49. The van der Waals surface area contributed by atoms with E-state index in [4.69, 9.17) is 20.5 Å². The molecule has 0 aromatic heterocycles. The molecule has 1 heterocycles. The fourth-order valence-corrected chi connectivity index (χ4v) is 5.50. The maximum atomic E-state index is 13.2. The van der Waals surface area contributed by atoms with Crippen molar-refractivity contribution in [2.75, 3.05) is 13.4 Å². The zero-order chi connectivity index (χ0) is 21.0. The van der Waals surface area contributed by atoms with Crippen molar-refractivity contribution in [3.05, 3.63) is 39.6 Å². The Labute approximate surface area is 176 Å². The minimum Gasteiger partial charge on any atom is -0.384 e. The van der Waals surface area contributed by atoms with E-state index in [0.29, 0.717) is 29.4 Å². The molecule has 29 heavy (non-hydrogen) atoms. The number of aryl methyl sites for hydroxylation is 1. The van der Waals surface area contributed by atoms with Gasteiger partial charge in [-0.1, -0.05) is 11.6 Å². The van der Waals surface area contributed by atoms with Crippen LogP contribution in [0.2, 0.25) is 5.02 Å². The molecular weight excluding hydrogens is 414 g/mol. The van der Waals surface area contributed by atoms with E-state index in [1.807, 2.05) is 19.1 Å². The lowest BCUT2D eigenvalue weighted by molar-refractivity contribution is -0.116. The molecule has 1 amide bonds. The number of hydrogen-bond donors (Lipinski definition) is 1. The van der Waals surface area contributed by atoms with E-state index in [1.165, 1.54) is 0 Å². The summed E-state index contributed by atoms with van der Waals surface area (Å²) in [6.45, 7) is 1.90. The fraction of sp³-hybridized carbons (Fsp3) is 0.571. The van der Waals surface area contributed by atoms with E-state index in [0.717, 1.165) is 48.6 Å². The first-order chi connectivity index (χ1) is 13.6. The van der Waals surface area contributed by atoms with Gasteiger partial charge >= 0.3 is 10.1 Å². The summed E-state index contributed by atoms with van der Waals surface area (Å²) in [5.41, 5.74) is 2.12. The first-order valence-corrected chi connectivity index (χ1v) is 12.1. The normalized spacial score (nSPS) is 27.4.